The van der Waals surface area contributed by atoms with E-state index in [2.05, 4.69) is 5.32 Å². The lowest BCUT2D eigenvalue weighted by molar-refractivity contribution is -0.118. The summed E-state index contributed by atoms with van der Waals surface area (Å²) in [7, 11) is 0. The van der Waals surface area contributed by atoms with Crippen molar-refractivity contribution in [2.24, 2.45) is 0 Å². The molecule has 0 aromatic heterocycles. The van der Waals surface area contributed by atoms with Crippen LogP contribution in [0.5, 0.6) is 5.75 Å². The number of amides is 2. The first kappa shape index (κ1) is 25.0. The number of nitrogens with zero attached hydrogens (tertiary/aromatic N) is 1. The maximum atomic E-state index is 13.1. The van der Waals surface area contributed by atoms with Gasteiger partial charge in [0.15, 0.2) is 10.9 Å². The standard InChI is InChI=1S/C27H23ClN2O3S2/c1-16-12-17(2)25(18(3)13-16)29-24(31)15-33-22-7-5-4-6-19(22)14-23-26(32)30(27(34)35-23)21-10-8-20(28)9-11-21/h4-14H,15H2,1-3H3,(H,29,31)/b23-14-. The fourth-order valence-electron chi connectivity index (χ4n) is 3.85. The van der Waals surface area contributed by atoms with Crippen molar-refractivity contribution in [3.8, 4) is 5.75 Å². The van der Waals surface area contributed by atoms with Crippen molar-refractivity contribution >= 4 is 69.2 Å². The van der Waals surface area contributed by atoms with Crippen LogP contribution in [-0.4, -0.2) is 22.7 Å². The van der Waals surface area contributed by atoms with Gasteiger partial charge in [-0.2, -0.15) is 0 Å². The van der Waals surface area contributed by atoms with Crippen LogP contribution in [0.3, 0.4) is 0 Å². The van der Waals surface area contributed by atoms with E-state index >= 15 is 0 Å². The molecule has 4 rings (SSSR count). The number of hydrogen-bond donors (Lipinski definition) is 1. The molecule has 1 N–H and O–H groups in total. The Kier molecular flexibility index (Phi) is 7.60. The Morgan fingerprint density at radius 3 is 2.43 bits per heavy atom. The molecule has 1 fully saturated rings. The van der Waals surface area contributed by atoms with Crippen LogP contribution < -0.4 is 15.0 Å². The van der Waals surface area contributed by atoms with Crippen molar-refractivity contribution in [2.45, 2.75) is 20.8 Å². The summed E-state index contributed by atoms with van der Waals surface area (Å²) < 4.78 is 6.27. The summed E-state index contributed by atoms with van der Waals surface area (Å²) in [6, 6.07) is 18.2. The number of nitrogens with one attached hydrogen (secondary N) is 1. The Hall–Kier alpha value is -3.13. The Morgan fingerprint density at radius 1 is 1.09 bits per heavy atom. The minimum Gasteiger partial charge on any atom is -0.483 e. The summed E-state index contributed by atoms with van der Waals surface area (Å²) in [5.74, 6) is 0.0147. The Labute approximate surface area is 219 Å². The highest BCUT2D eigenvalue weighted by atomic mass is 35.5. The van der Waals surface area contributed by atoms with Crippen LogP contribution in [0.25, 0.3) is 6.08 Å². The number of benzene rings is 3. The Balaban J connectivity index is 1.49. The molecule has 0 aliphatic carbocycles. The molecule has 0 radical (unpaired) electrons. The molecule has 35 heavy (non-hydrogen) atoms. The third-order valence-electron chi connectivity index (χ3n) is 5.38. The van der Waals surface area contributed by atoms with E-state index in [9.17, 15) is 9.59 Å². The van der Waals surface area contributed by atoms with Gasteiger partial charge in [0.2, 0.25) is 0 Å². The van der Waals surface area contributed by atoms with Crippen molar-refractivity contribution in [3.05, 3.63) is 92.8 Å². The molecule has 0 unspecified atom stereocenters. The molecule has 1 saturated heterocycles. The molecule has 0 bridgehead atoms. The summed E-state index contributed by atoms with van der Waals surface area (Å²) in [6.07, 6.45) is 1.73. The van der Waals surface area contributed by atoms with Crippen molar-refractivity contribution in [1.29, 1.82) is 0 Å². The second-order valence-electron chi connectivity index (χ2n) is 8.14. The van der Waals surface area contributed by atoms with Crippen molar-refractivity contribution in [2.75, 3.05) is 16.8 Å². The number of carbonyl (C=O) groups excluding carboxylic acids is 2. The fourth-order valence-corrected chi connectivity index (χ4v) is 5.26. The number of hydrogen-bond acceptors (Lipinski definition) is 5. The van der Waals surface area contributed by atoms with E-state index in [0.717, 1.165) is 22.4 Å². The van der Waals surface area contributed by atoms with E-state index in [-0.39, 0.29) is 18.4 Å². The smallest absolute Gasteiger partial charge is 0.270 e. The van der Waals surface area contributed by atoms with Crippen molar-refractivity contribution in [1.82, 2.24) is 0 Å². The number of aryl methyl sites for hydroxylation is 3. The van der Waals surface area contributed by atoms with Crippen molar-refractivity contribution < 1.29 is 14.3 Å². The average molecular weight is 523 g/mol. The molecule has 8 heteroatoms. The van der Waals surface area contributed by atoms with Crippen LogP contribution in [0.4, 0.5) is 11.4 Å². The molecule has 5 nitrogen and oxygen atoms in total. The Bertz CT molecular complexity index is 1330. The summed E-state index contributed by atoms with van der Waals surface area (Å²) in [6.45, 7) is 5.79. The largest absolute Gasteiger partial charge is 0.483 e. The highest BCUT2D eigenvalue weighted by molar-refractivity contribution is 8.27. The van der Waals surface area contributed by atoms with Gasteiger partial charge in [0, 0.05) is 16.3 Å². The molecule has 2 amide bonds. The molecule has 0 saturated carbocycles. The minimum atomic E-state index is -0.260. The van der Waals surface area contributed by atoms with Crippen LogP contribution in [-0.2, 0) is 9.59 Å². The van der Waals surface area contributed by atoms with Crippen LogP contribution in [0.2, 0.25) is 5.02 Å². The first-order valence-corrected chi connectivity index (χ1v) is 12.5. The quantitative estimate of drug-likeness (QED) is 0.289. The highest BCUT2D eigenvalue weighted by Crippen LogP contribution is 2.37. The molecule has 0 atom stereocenters. The van der Waals surface area contributed by atoms with Gasteiger partial charge < -0.3 is 10.1 Å². The molecular weight excluding hydrogens is 500 g/mol. The Morgan fingerprint density at radius 2 is 1.74 bits per heavy atom. The van der Waals surface area contributed by atoms with Gasteiger partial charge in [0.1, 0.15) is 5.75 Å². The second-order valence-corrected chi connectivity index (χ2v) is 10.3. The van der Waals surface area contributed by atoms with Gasteiger partial charge >= 0.3 is 0 Å². The molecule has 1 heterocycles. The number of thiocarbonyl (C=S) groups is 1. The predicted molar refractivity (Wildman–Crippen MR) is 148 cm³/mol. The molecule has 1 aliphatic rings. The monoisotopic (exact) mass is 522 g/mol. The average Bonchev–Trinajstić information content (AvgIpc) is 3.09. The number of thioether (sulfide) groups is 1. The zero-order valence-electron chi connectivity index (χ0n) is 19.4. The molecule has 1 aliphatic heterocycles. The number of anilines is 2. The molecule has 3 aromatic carbocycles. The molecular formula is C27H23ClN2O3S2. The van der Waals surface area contributed by atoms with E-state index < -0.39 is 0 Å². The van der Waals surface area contributed by atoms with E-state index in [0.29, 0.717) is 31.2 Å². The zero-order chi connectivity index (χ0) is 25.1. The third-order valence-corrected chi connectivity index (χ3v) is 6.94. The van der Waals surface area contributed by atoms with Gasteiger partial charge in [-0.25, -0.2) is 0 Å². The van der Waals surface area contributed by atoms with E-state index in [4.69, 9.17) is 28.6 Å². The first-order valence-electron chi connectivity index (χ1n) is 10.9. The lowest BCUT2D eigenvalue weighted by Crippen LogP contribution is -2.27. The molecule has 178 valence electrons. The maximum absolute atomic E-state index is 13.1. The number of rotatable bonds is 6. The minimum absolute atomic E-state index is 0.163. The topological polar surface area (TPSA) is 58.6 Å². The van der Waals surface area contributed by atoms with Crippen LogP contribution in [0, 0.1) is 20.8 Å². The summed E-state index contributed by atoms with van der Waals surface area (Å²) in [5.41, 5.74) is 5.27. The van der Waals surface area contributed by atoms with Gasteiger partial charge in [-0.15, -0.1) is 0 Å². The number of halogens is 1. The lowest BCUT2D eigenvalue weighted by atomic mass is 10.1. The van der Waals surface area contributed by atoms with E-state index in [1.54, 1.807) is 36.4 Å². The van der Waals surface area contributed by atoms with Gasteiger partial charge in [0.25, 0.3) is 11.8 Å². The summed E-state index contributed by atoms with van der Waals surface area (Å²) in [5, 5.41) is 3.52. The third kappa shape index (κ3) is 5.75. The van der Waals surface area contributed by atoms with E-state index in [1.807, 2.05) is 51.1 Å². The first-order chi connectivity index (χ1) is 16.7. The number of para-hydroxylation sites is 1. The van der Waals surface area contributed by atoms with Crippen molar-refractivity contribution in [3.63, 3.8) is 0 Å². The van der Waals surface area contributed by atoms with Crippen LogP contribution in [0.1, 0.15) is 22.3 Å². The fraction of sp³-hybridized carbons (Fsp3) is 0.148. The van der Waals surface area contributed by atoms with Gasteiger partial charge in [-0.05, 0) is 68.3 Å². The predicted octanol–water partition coefficient (Wildman–Crippen LogP) is 6.69. The normalized spacial score (nSPS) is 14.5. The van der Waals surface area contributed by atoms with Gasteiger partial charge in [0.05, 0.1) is 10.6 Å². The molecule has 3 aromatic rings. The zero-order valence-corrected chi connectivity index (χ0v) is 21.8. The van der Waals surface area contributed by atoms with Crippen LogP contribution in [0.15, 0.2) is 65.6 Å². The summed E-state index contributed by atoms with van der Waals surface area (Å²) >= 11 is 12.6. The van der Waals surface area contributed by atoms with Gasteiger partial charge in [-0.3, -0.25) is 14.5 Å². The number of ether oxygens (including phenoxy) is 1. The lowest BCUT2D eigenvalue weighted by Gasteiger charge is -2.14. The highest BCUT2D eigenvalue weighted by Gasteiger charge is 2.33. The SMILES string of the molecule is Cc1cc(C)c(NC(=O)COc2ccccc2/C=C2\SC(=S)N(c3ccc(Cl)cc3)C2=O)c(C)c1. The second kappa shape index (κ2) is 10.6. The molecule has 0 spiro atoms. The van der Waals surface area contributed by atoms with Crippen LogP contribution >= 0.6 is 35.6 Å². The summed E-state index contributed by atoms with van der Waals surface area (Å²) in [4.78, 5) is 27.6. The maximum Gasteiger partial charge on any atom is 0.270 e. The van der Waals surface area contributed by atoms with Gasteiger partial charge in [-0.1, -0.05) is 71.5 Å². The number of carbonyl (C=O) groups is 2. The van der Waals surface area contributed by atoms with E-state index in [1.165, 1.54) is 16.7 Å².